The van der Waals surface area contributed by atoms with E-state index in [1.54, 1.807) is 0 Å². The third-order valence-corrected chi connectivity index (χ3v) is 5.76. The molecule has 0 aromatic heterocycles. The minimum absolute atomic E-state index is 0.116. The highest BCUT2D eigenvalue weighted by atomic mass is 19.4. The van der Waals surface area contributed by atoms with Crippen molar-refractivity contribution in [3.63, 3.8) is 0 Å². The molecule has 1 N–H and O–H groups in total. The molecule has 172 valence electrons. The molecule has 0 saturated carbocycles. The number of rotatable bonds is 6. The van der Waals surface area contributed by atoms with Crippen LogP contribution in [-0.2, 0) is 23.9 Å². The predicted octanol–water partition coefficient (Wildman–Crippen LogP) is 5.21. The van der Waals surface area contributed by atoms with Crippen molar-refractivity contribution in [1.29, 1.82) is 0 Å². The first-order chi connectivity index (χ1) is 15.9. The van der Waals surface area contributed by atoms with Gasteiger partial charge in [-0.3, -0.25) is 9.69 Å². The summed E-state index contributed by atoms with van der Waals surface area (Å²) in [5.41, 5.74) is 2.60. The third kappa shape index (κ3) is 6.35. The number of hydrogen-bond donors (Lipinski definition) is 1. The van der Waals surface area contributed by atoms with Gasteiger partial charge in [0.2, 0.25) is 5.91 Å². The van der Waals surface area contributed by atoms with Gasteiger partial charge in [-0.1, -0.05) is 48.5 Å². The van der Waals surface area contributed by atoms with E-state index in [-0.39, 0.29) is 12.3 Å². The smallest absolute Gasteiger partial charge is 0.369 e. The maximum Gasteiger partial charge on any atom is 0.416 e. The van der Waals surface area contributed by atoms with E-state index in [0.717, 1.165) is 50.5 Å². The molecule has 4 rings (SSSR count). The third-order valence-electron chi connectivity index (χ3n) is 5.76. The normalized spacial score (nSPS) is 14.8. The minimum atomic E-state index is -4.42. The summed E-state index contributed by atoms with van der Waals surface area (Å²) in [5.74, 6) is -0.350. The van der Waals surface area contributed by atoms with Crippen molar-refractivity contribution in [2.24, 2.45) is 0 Å². The van der Waals surface area contributed by atoms with Gasteiger partial charge in [0.15, 0.2) is 0 Å². The lowest BCUT2D eigenvalue weighted by atomic mass is 10.1. The molecule has 0 bridgehead atoms. The first-order valence-electron chi connectivity index (χ1n) is 10.9. The number of nitrogens with one attached hydrogen (secondary N) is 1. The summed E-state index contributed by atoms with van der Waals surface area (Å²) in [6.07, 6.45) is -4.54. The molecule has 0 radical (unpaired) electrons. The van der Waals surface area contributed by atoms with Crippen molar-refractivity contribution in [2.75, 3.05) is 36.4 Å². The van der Waals surface area contributed by atoms with Gasteiger partial charge in [0.25, 0.3) is 0 Å². The van der Waals surface area contributed by atoms with Crippen LogP contribution in [0.1, 0.15) is 16.7 Å². The van der Waals surface area contributed by atoms with E-state index in [1.807, 2.05) is 30.3 Å². The Kier molecular flexibility index (Phi) is 6.99. The lowest BCUT2D eigenvalue weighted by Crippen LogP contribution is -2.45. The predicted molar refractivity (Wildman–Crippen MR) is 124 cm³/mol. The summed E-state index contributed by atoms with van der Waals surface area (Å²) < 4.78 is 38.6. The monoisotopic (exact) mass is 453 g/mol. The first-order valence-corrected chi connectivity index (χ1v) is 10.9. The molecule has 7 heteroatoms. The number of amides is 1. The number of carbonyl (C=O) groups excluding carboxylic acids is 1. The zero-order valence-electron chi connectivity index (χ0n) is 18.2. The van der Waals surface area contributed by atoms with Crippen molar-refractivity contribution >= 4 is 17.3 Å². The average molecular weight is 454 g/mol. The van der Waals surface area contributed by atoms with Crippen molar-refractivity contribution in [3.05, 3.63) is 95.6 Å². The molecule has 1 aliphatic heterocycles. The standard InChI is InChI=1S/C26H26F3N3O/c27-26(28,29)22-8-4-7-21(17-22)18-25(33)30-23-9-11-24(12-10-23)32-15-13-31(14-16-32)19-20-5-2-1-3-6-20/h1-12,17H,13-16,18-19H2,(H,30,33). The maximum absolute atomic E-state index is 12.9. The molecule has 33 heavy (non-hydrogen) atoms. The Bertz CT molecular complexity index is 1060. The van der Waals surface area contributed by atoms with Crippen LogP contribution in [0.4, 0.5) is 24.5 Å². The van der Waals surface area contributed by atoms with Gasteiger partial charge in [-0.15, -0.1) is 0 Å². The molecule has 1 heterocycles. The number of hydrogen-bond acceptors (Lipinski definition) is 3. The number of nitrogens with zero attached hydrogens (tertiary/aromatic N) is 2. The van der Waals surface area contributed by atoms with Crippen LogP contribution in [0.15, 0.2) is 78.9 Å². The highest BCUT2D eigenvalue weighted by Gasteiger charge is 2.30. The minimum Gasteiger partial charge on any atom is -0.369 e. The lowest BCUT2D eigenvalue weighted by molar-refractivity contribution is -0.137. The number of carbonyl (C=O) groups is 1. The fourth-order valence-electron chi connectivity index (χ4n) is 4.01. The summed E-state index contributed by atoms with van der Waals surface area (Å²) in [5, 5.41) is 2.77. The molecule has 1 saturated heterocycles. The van der Waals surface area contributed by atoms with Gasteiger partial charge in [0.05, 0.1) is 12.0 Å². The summed E-state index contributed by atoms with van der Waals surface area (Å²) >= 11 is 0. The molecule has 0 unspecified atom stereocenters. The van der Waals surface area contributed by atoms with Crippen LogP contribution in [0.25, 0.3) is 0 Å². The quantitative estimate of drug-likeness (QED) is 0.557. The van der Waals surface area contributed by atoms with E-state index in [0.29, 0.717) is 11.3 Å². The Morgan fingerprint density at radius 3 is 2.15 bits per heavy atom. The SMILES string of the molecule is O=C(Cc1cccc(C(F)(F)F)c1)Nc1ccc(N2CCN(Cc3ccccc3)CC2)cc1. The zero-order valence-corrected chi connectivity index (χ0v) is 18.2. The molecule has 0 atom stereocenters. The number of benzene rings is 3. The fraction of sp³-hybridized carbons (Fsp3) is 0.269. The average Bonchev–Trinajstić information content (AvgIpc) is 2.80. The summed E-state index contributed by atoms with van der Waals surface area (Å²) in [4.78, 5) is 17.1. The summed E-state index contributed by atoms with van der Waals surface area (Å²) in [6.45, 7) is 4.75. The zero-order chi connectivity index (χ0) is 23.3. The largest absolute Gasteiger partial charge is 0.416 e. The molecular formula is C26H26F3N3O. The van der Waals surface area contributed by atoms with Crippen molar-refractivity contribution in [2.45, 2.75) is 19.1 Å². The molecule has 1 fully saturated rings. The molecule has 3 aromatic rings. The maximum atomic E-state index is 12.9. The van der Waals surface area contributed by atoms with Gasteiger partial charge < -0.3 is 10.2 Å². The van der Waals surface area contributed by atoms with Gasteiger partial charge in [-0.2, -0.15) is 13.2 Å². The Morgan fingerprint density at radius 2 is 1.48 bits per heavy atom. The molecule has 1 amide bonds. The molecule has 4 nitrogen and oxygen atoms in total. The molecule has 0 spiro atoms. The summed E-state index contributed by atoms with van der Waals surface area (Å²) in [7, 11) is 0. The summed E-state index contributed by atoms with van der Waals surface area (Å²) in [6, 6.07) is 22.9. The van der Waals surface area contributed by atoms with Gasteiger partial charge >= 0.3 is 6.18 Å². The van der Waals surface area contributed by atoms with Crippen LogP contribution < -0.4 is 10.2 Å². The molecular weight excluding hydrogens is 427 g/mol. The van der Waals surface area contributed by atoms with Crippen molar-refractivity contribution < 1.29 is 18.0 Å². The fourth-order valence-corrected chi connectivity index (χ4v) is 4.01. The van der Waals surface area contributed by atoms with E-state index < -0.39 is 11.7 Å². The van der Waals surface area contributed by atoms with Gasteiger partial charge in [-0.25, -0.2) is 0 Å². The molecule has 0 aliphatic carbocycles. The first kappa shape index (κ1) is 22.9. The molecule has 1 aliphatic rings. The van der Waals surface area contributed by atoms with Gasteiger partial charge in [-0.05, 0) is 41.5 Å². The van der Waals surface area contributed by atoms with Crippen LogP contribution in [0.3, 0.4) is 0 Å². The van der Waals surface area contributed by atoms with Crippen LogP contribution in [0, 0.1) is 0 Å². The highest BCUT2D eigenvalue weighted by Crippen LogP contribution is 2.29. The second kappa shape index (κ2) is 10.1. The van der Waals surface area contributed by atoms with Crippen LogP contribution in [-0.4, -0.2) is 37.0 Å². The Morgan fingerprint density at radius 1 is 0.818 bits per heavy atom. The highest BCUT2D eigenvalue weighted by molar-refractivity contribution is 5.92. The van der Waals surface area contributed by atoms with Crippen LogP contribution in [0.2, 0.25) is 0 Å². The van der Waals surface area contributed by atoms with Crippen LogP contribution >= 0.6 is 0 Å². The Labute approximate surface area is 191 Å². The Balaban J connectivity index is 1.28. The number of anilines is 2. The second-order valence-corrected chi connectivity index (χ2v) is 8.22. The van der Waals surface area contributed by atoms with Gasteiger partial charge in [0, 0.05) is 44.1 Å². The van der Waals surface area contributed by atoms with Crippen molar-refractivity contribution in [3.8, 4) is 0 Å². The van der Waals surface area contributed by atoms with Gasteiger partial charge in [0.1, 0.15) is 0 Å². The van der Waals surface area contributed by atoms with E-state index in [1.165, 1.54) is 17.7 Å². The number of halogens is 3. The van der Waals surface area contributed by atoms with E-state index in [2.05, 4.69) is 39.4 Å². The topological polar surface area (TPSA) is 35.6 Å². The van der Waals surface area contributed by atoms with E-state index >= 15 is 0 Å². The van der Waals surface area contributed by atoms with E-state index in [4.69, 9.17) is 0 Å². The Hall–Kier alpha value is -3.32. The number of alkyl halides is 3. The molecule has 3 aromatic carbocycles. The van der Waals surface area contributed by atoms with Crippen molar-refractivity contribution in [1.82, 2.24) is 4.90 Å². The van der Waals surface area contributed by atoms with E-state index in [9.17, 15) is 18.0 Å². The number of piperazine rings is 1. The second-order valence-electron chi connectivity index (χ2n) is 8.22. The lowest BCUT2D eigenvalue weighted by Gasteiger charge is -2.36. The van der Waals surface area contributed by atoms with Crippen LogP contribution in [0.5, 0.6) is 0 Å².